The third kappa shape index (κ3) is 6.24. The Morgan fingerprint density at radius 1 is 1.05 bits per heavy atom. The molecule has 2 amide bonds. The molecule has 2 N–H and O–H groups in total. The molecule has 9 nitrogen and oxygen atoms in total. The molecule has 0 aliphatic carbocycles. The second kappa shape index (κ2) is 12.3. The summed E-state index contributed by atoms with van der Waals surface area (Å²) in [5.41, 5.74) is 2.67. The Kier molecular flexibility index (Phi) is 9.32. The van der Waals surface area contributed by atoms with E-state index in [0.717, 1.165) is 12.0 Å². The lowest BCUT2D eigenvalue weighted by Crippen LogP contribution is -2.51. The predicted molar refractivity (Wildman–Crippen MR) is 147 cm³/mol. The van der Waals surface area contributed by atoms with Crippen LogP contribution in [0.1, 0.15) is 50.5 Å². The van der Waals surface area contributed by atoms with Crippen LogP contribution in [0.15, 0.2) is 57.9 Å². The second-order valence-corrected chi connectivity index (χ2v) is 11.0. The average Bonchev–Trinajstić information content (AvgIpc) is 3.23. The van der Waals surface area contributed by atoms with Gasteiger partial charge >= 0.3 is 0 Å². The molecule has 3 rings (SSSR count). The van der Waals surface area contributed by atoms with E-state index < -0.39 is 16.1 Å². The first kappa shape index (κ1) is 28.9. The van der Waals surface area contributed by atoms with Crippen molar-refractivity contribution in [1.29, 1.82) is 0 Å². The highest BCUT2D eigenvalue weighted by Crippen LogP contribution is 2.30. The minimum atomic E-state index is -3.95. The highest BCUT2D eigenvalue weighted by molar-refractivity contribution is 7.92. The molecule has 2 aromatic carbocycles. The number of aromatic nitrogens is 1. The SMILES string of the molecule is CCC(=O)N(Cc1ccc(-c2ccccc2S(=O)(=O)Nc2noc(C)c2C)cc1)[C@H](C(=O)NC)C(C)CC. The van der Waals surface area contributed by atoms with Gasteiger partial charge in [-0.1, -0.05) is 74.8 Å². The molecule has 1 aromatic heterocycles. The van der Waals surface area contributed by atoms with Crippen LogP contribution in [0.3, 0.4) is 0 Å². The third-order valence-electron chi connectivity index (χ3n) is 6.84. The van der Waals surface area contributed by atoms with Gasteiger partial charge < -0.3 is 14.7 Å². The van der Waals surface area contributed by atoms with Crippen molar-refractivity contribution in [2.24, 2.45) is 5.92 Å². The lowest BCUT2D eigenvalue weighted by Gasteiger charge is -2.34. The van der Waals surface area contributed by atoms with Crippen LogP contribution in [0.5, 0.6) is 0 Å². The Morgan fingerprint density at radius 2 is 1.71 bits per heavy atom. The van der Waals surface area contributed by atoms with Crippen LogP contribution >= 0.6 is 0 Å². The molecule has 204 valence electrons. The Morgan fingerprint density at radius 3 is 2.26 bits per heavy atom. The van der Waals surface area contributed by atoms with Gasteiger partial charge in [0.05, 0.1) is 4.90 Å². The lowest BCUT2D eigenvalue weighted by atomic mass is 9.95. The molecule has 1 unspecified atom stereocenters. The molecule has 2 atom stereocenters. The number of hydrogen-bond acceptors (Lipinski definition) is 6. The molecule has 0 aliphatic rings. The van der Waals surface area contributed by atoms with Crippen LogP contribution in [0.2, 0.25) is 0 Å². The van der Waals surface area contributed by atoms with E-state index >= 15 is 0 Å². The van der Waals surface area contributed by atoms with E-state index in [-0.39, 0.29) is 41.4 Å². The van der Waals surface area contributed by atoms with E-state index in [1.165, 1.54) is 6.07 Å². The molecule has 0 spiro atoms. The maximum atomic E-state index is 13.3. The average molecular weight is 541 g/mol. The lowest BCUT2D eigenvalue weighted by molar-refractivity contribution is -0.142. The molecule has 1 heterocycles. The first-order valence-electron chi connectivity index (χ1n) is 12.7. The van der Waals surface area contributed by atoms with Crippen LogP contribution < -0.4 is 10.0 Å². The number of aryl methyl sites for hydroxylation is 1. The van der Waals surface area contributed by atoms with Crippen molar-refractivity contribution in [3.8, 4) is 11.1 Å². The van der Waals surface area contributed by atoms with Gasteiger partial charge in [-0.15, -0.1) is 0 Å². The molecule has 0 bridgehead atoms. The van der Waals surface area contributed by atoms with Crippen LogP contribution in [0.25, 0.3) is 11.1 Å². The zero-order valence-electron chi connectivity index (χ0n) is 22.7. The summed E-state index contributed by atoms with van der Waals surface area (Å²) >= 11 is 0. The van der Waals surface area contributed by atoms with Gasteiger partial charge in [-0.25, -0.2) is 8.42 Å². The van der Waals surface area contributed by atoms with Gasteiger partial charge in [0.15, 0.2) is 5.82 Å². The van der Waals surface area contributed by atoms with Crippen molar-refractivity contribution in [2.45, 2.75) is 64.9 Å². The van der Waals surface area contributed by atoms with Crippen molar-refractivity contribution in [1.82, 2.24) is 15.4 Å². The van der Waals surface area contributed by atoms with Crippen LogP contribution in [-0.4, -0.2) is 43.4 Å². The van der Waals surface area contributed by atoms with Crippen molar-refractivity contribution >= 4 is 27.7 Å². The molecule has 3 aromatic rings. The normalized spacial score (nSPS) is 13.0. The smallest absolute Gasteiger partial charge is 0.263 e. The number of carbonyl (C=O) groups excluding carboxylic acids is 2. The summed E-state index contributed by atoms with van der Waals surface area (Å²) in [5, 5.41) is 6.51. The van der Waals surface area contributed by atoms with Gasteiger partial charge in [0.25, 0.3) is 10.0 Å². The zero-order chi connectivity index (χ0) is 28.0. The Hall–Kier alpha value is -3.66. The number of likely N-dealkylation sites (N-methyl/N-ethyl adjacent to an activating group) is 1. The van der Waals surface area contributed by atoms with Crippen LogP contribution in [-0.2, 0) is 26.2 Å². The number of nitrogens with zero attached hydrogens (tertiary/aromatic N) is 2. The maximum Gasteiger partial charge on any atom is 0.263 e. The van der Waals surface area contributed by atoms with Gasteiger partial charge in [-0.2, -0.15) is 0 Å². The number of hydrogen-bond donors (Lipinski definition) is 2. The van der Waals surface area contributed by atoms with Crippen molar-refractivity contribution in [3.63, 3.8) is 0 Å². The topological polar surface area (TPSA) is 122 Å². The van der Waals surface area contributed by atoms with Crippen molar-refractivity contribution in [3.05, 3.63) is 65.4 Å². The van der Waals surface area contributed by atoms with E-state index in [2.05, 4.69) is 15.2 Å². The maximum absolute atomic E-state index is 13.3. The van der Waals surface area contributed by atoms with Crippen molar-refractivity contribution < 1.29 is 22.5 Å². The Balaban J connectivity index is 1.92. The predicted octanol–water partition coefficient (Wildman–Crippen LogP) is 4.66. The van der Waals surface area contributed by atoms with E-state index in [0.29, 0.717) is 22.5 Å². The minimum absolute atomic E-state index is 0.0218. The summed E-state index contributed by atoms with van der Waals surface area (Å²) in [6, 6.07) is 13.5. The van der Waals surface area contributed by atoms with E-state index in [1.54, 1.807) is 50.9 Å². The highest BCUT2D eigenvalue weighted by atomic mass is 32.2. The van der Waals surface area contributed by atoms with E-state index in [1.807, 2.05) is 38.1 Å². The molecule has 0 fully saturated rings. The first-order chi connectivity index (χ1) is 18.0. The van der Waals surface area contributed by atoms with Crippen LogP contribution in [0, 0.1) is 19.8 Å². The van der Waals surface area contributed by atoms with Crippen LogP contribution in [0.4, 0.5) is 5.82 Å². The summed E-state index contributed by atoms with van der Waals surface area (Å²) < 4.78 is 34.1. The number of amides is 2. The zero-order valence-corrected chi connectivity index (χ0v) is 23.6. The molecular weight excluding hydrogens is 504 g/mol. The largest absolute Gasteiger partial charge is 0.359 e. The molecule has 38 heavy (non-hydrogen) atoms. The fraction of sp³-hybridized carbons (Fsp3) is 0.393. The van der Waals surface area contributed by atoms with Gasteiger partial charge in [0.2, 0.25) is 11.8 Å². The quantitative estimate of drug-likeness (QED) is 0.365. The molecular formula is C28H36N4O5S. The summed E-state index contributed by atoms with van der Waals surface area (Å²) in [6.07, 6.45) is 1.03. The first-order valence-corrected chi connectivity index (χ1v) is 14.2. The fourth-order valence-corrected chi connectivity index (χ4v) is 5.53. The van der Waals surface area contributed by atoms with E-state index in [4.69, 9.17) is 4.52 Å². The van der Waals surface area contributed by atoms with Gasteiger partial charge in [0.1, 0.15) is 11.8 Å². The fourth-order valence-electron chi connectivity index (χ4n) is 4.24. The number of benzene rings is 2. The molecule has 0 aliphatic heterocycles. The summed E-state index contributed by atoms with van der Waals surface area (Å²) in [4.78, 5) is 27.3. The molecule has 0 radical (unpaired) electrons. The summed E-state index contributed by atoms with van der Waals surface area (Å²) in [5.74, 6) is 0.367. The summed E-state index contributed by atoms with van der Waals surface area (Å²) in [7, 11) is -2.38. The monoisotopic (exact) mass is 540 g/mol. The number of carbonyl (C=O) groups is 2. The molecule has 10 heteroatoms. The second-order valence-electron chi connectivity index (χ2n) is 9.33. The molecule has 0 saturated heterocycles. The highest BCUT2D eigenvalue weighted by Gasteiger charge is 2.32. The Bertz CT molecular complexity index is 1380. The Labute approximate surface area is 224 Å². The molecule has 0 saturated carbocycles. The number of nitrogens with one attached hydrogen (secondary N) is 2. The van der Waals surface area contributed by atoms with E-state index in [9.17, 15) is 18.0 Å². The van der Waals surface area contributed by atoms with Gasteiger partial charge in [-0.3, -0.25) is 14.3 Å². The standard InChI is InChI=1S/C28H36N4O5S/c1-7-18(3)26(28(34)29-6)32(25(33)8-2)17-21-13-15-22(16-14-21)23-11-9-10-12-24(23)38(35,36)31-27-19(4)20(5)37-30-27/h9-16,18,26H,7-8,17H2,1-6H3,(H,29,34)(H,30,31)/t18?,26-/m0/s1. The van der Waals surface area contributed by atoms with Gasteiger partial charge in [-0.05, 0) is 37.0 Å². The number of sulfonamides is 1. The minimum Gasteiger partial charge on any atom is -0.359 e. The number of anilines is 1. The number of rotatable bonds is 11. The van der Waals surface area contributed by atoms with Gasteiger partial charge in [0, 0.05) is 31.1 Å². The third-order valence-corrected chi connectivity index (χ3v) is 8.24. The summed E-state index contributed by atoms with van der Waals surface area (Å²) in [6.45, 7) is 9.45. The van der Waals surface area contributed by atoms with Crippen molar-refractivity contribution in [2.75, 3.05) is 11.8 Å².